The van der Waals surface area contributed by atoms with Crippen LogP contribution in [0.3, 0.4) is 0 Å². The van der Waals surface area contributed by atoms with Gasteiger partial charge in [-0.15, -0.1) is 0 Å². The third-order valence-electron chi connectivity index (χ3n) is 2.38. The Kier molecular flexibility index (Phi) is 14.1. The van der Waals surface area contributed by atoms with E-state index in [9.17, 15) is 4.79 Å². The Morgan fingerprint density at radius 1 is 0.962 bits per heavy atom. The second-order valence-corrected chi connectivity index (χ2v) is 6.45. The van der Waals surface area contributed by atoms with Crippen molar-refractivity contribution in [2.24, 2.45) is 0 Å². The minimum atomic E-state index is -0.318. The summed E-state index contributed by atoms with van der Waals surface area (Å²) in [6, 6.07) is 0. The van der Waals surface area contributed by atoms with Gasteiger partial charge in [-0.1, -0.05) is 0 Å². The highest BCUT2D eigenvalue weighted by Crippen LogP contribution is 2.08. The molecule has 1 aromatic heterocycles. The summed E-state index contributed by atoms with van der Waals surface area (Å²) >= 11 is 11.3. The molecule has 0 radical (unpaired) electrons. The van der Waals surface area contributed by atoms with E-state index < -0.39 is 0 Å². The molecule has 0 aliphatic rings. The minimum absolute atomic E-state index is 0.0568. The predicted octanol–water partition coefficient (Wildman–Crippen LogP) is 1.80. The average Bonchev–Trinajstić information content (AvgIpc) is 2.52. The van der Waals surface area contributed by atoms with Crippen molar-refractivity contribution >= 4 is 35.6 Å². The van der Waals surface area contributed by atoms with Crippen LogP contribution in [0.1, 0.15) is 20.8 Å². The molecule has 150 valence electrons. The molecule has 0 atom stereocenters. The van der Waals surface area contributed by atoms with E-state index in [1.807, 2.05) is 27.8 Å². The Bertz CT molecular complexity index is 483. The van der Waals surface area contributed by atoms with Gasteiger partial charge in [-0.3, -0.25) is 4.79 Å². The van der Waals surface area contributed by atoms with Crippen molar-refractivity contribution in [3.63, 3.8) is 0 Å². The maximum absolute atomic E-state index is 9.60. The molecule has 0 fully saturated rings. The SMILES string of the molecule is CC(C)(C)OC=O.CNCCOCCOCCNc1nc(Cl)nc(Cl)n1. The molecule has 0 amide bonds. The number of aromatic nitrogens is 3. The normalized spacial score (nSPS) is 10.7. The van der Waals surface area contributed by atoms with Gasteiger partial charge in [0.1, 0.15) is 5.60 Å². The maximum Gasteiger partial charge on any atom is 0.293 e. The van der Waals surface area contributed by atoms with Gasteiger partial charge >= 0.3 is 0 Å². The molecule has 9 nitrogen and oxygen atoms in total. The van der Waals surface area contributed by atoms with Crippen LogP contribution in [0.2, 0.25) is 10.6 Å². The quantitative estimate of drug-likeness (QED) is 0.416. The highest BCUT2D eigenvalue weighted by Gasteiger charge is 2.07. The van der Waals surface area contributed by atoms with Gasteiger partial charge in [0, 0.05) is 13.1 Å². The Labute approximate surface area is 164 Å². The zero-order valence-electron chi connectivity index (χ0n) is 15.6. The van der Waals surface area contributed by atoms with Gasteiger partial charge in [-0.25, -0.2) is 0 Å². The van der Waals surface area contributed by atoms with E-state index >= 15 is 0 Å². The molecule has 11 heteroatoms. The van der Waals surface area contributed by atoms with Crippen molar-refractivity contribution in [1.82, 2.24) is 20.3 Å². The van der Waals surface area contributed by atoms with Crippen LogP contribution >= 0.6 is 23.2 Å². The van der Waals surface area contributed by atoms with Gasteiger partial charge in [-0.2, -0.15) is 15.0 Å². The van der Waals surface area contributed by atoms with E-state index in [0.29, 0.717) is 45.4 Å². The van der Waals surface area contributed by atoms with Crippen molar-refractivity contribution in [2.45, 2.75) is 26.4 Å². The topological polar surface area (TPSA) is 107 Å². The third-order valence-corrected chi connectivity index (χ3v) is 2.72. The molecule has 0 aliphatic heterocycles. The summed E-state index contributed by atoms with van der Waals surface area (Å²) in [5.74, 6) is 0.332. The number of nitrogens with one attached hydrogen (secondary N) is 2. The van der Waals surface area contributed by atoms with Crippen LogP contribution in [-0.4, -0.2) is 73.6 Å². The average molecular weight is 412 g/mol. The van der Waals surface area contributed by atoms with Crippen LogP contribution in [0.15, 0.2) is 0 Å². The molecule has 0 saturated heterocycles. The number of carbonyl (C=O) groups is 1. The fourth-order valence-electron chi connectivity index (χ4n) is 1.28. The molecule has 1 heterocycles. The highest BCUT2D eigenvalue weighted by atomic mass is 35.5. The molecule has 2 N–H and O–H groups in total. The van der Waals surface area contributed by atoms with Crippen molar-refractivity contribution < 1.29 is 19.0 Å². The van der Waals surface area contributed by atoms with Crippen LogP contribution in [-0.2, 0) is 19.0 Å². The molecule has 1 rings (SSSR count). The zero-order chi connectivity index (χ0) is 19.8. The van der Waals surface area contributed by atoms with Crippen molar-refractivity contribution in [3.05, 3.63) is 10.6 Å². The first-order valence-electron chi connectivity index (χ1n) is 8.01. The van der Waals surface area contributed by atoms with E-state index in [-0.39, 0.29) is 16.2 Å². The molecule has 0 spiro atoms. The summed E-state index contributed by atoms with van der Waals surface area (Å²) in [6.45, 7) is 9.62. The van der Waals surface area contributed by atoms with E-state index in [1.54, 1.807) is 0 Å². The van der Waals surface area contributed by atoms with E-state index in [0.717, 1.165) is 6.54 Å². The van der Waals surface area contributed by atoms with Crippen LogP contribution in [0.5, 0.6) is 0 Å². The smallest absolute Gasteiger partial charge is 0.293 e. The largest absolute Gasteiger partial charge is 0.462 e. The Morgan fingerprint density at radius 3 is 1.92 bits per heavy atom. The predicted molar refractivity (Wildman–Crippen MR) is 101 cm³/mol. The Balaban J connectivity index is 0.000000758. The molecule has 1 aromatic rings. The van der Waals surface area contributed by atoms with Gasteiger partial charge in [0.25, 0.3) is 6.47 Å². The first kappa shape index (κ1) is 24.7. The number of nitrogens with zero attached hydrogens (tertiary/aromatic N) is 3. The molecule has 0 aromatic carbocycles. The standard InChI is InChI=1S/C10H17Cl2N5O2.C5H10O2/c1-13-2-4-18-6-7-19-5-3-14-10-16-8(11)15-9(12)17-10;1-5(2,3)7-4-6/h13H,2-7H2,1H3,(H,14,15,16,17);4H,1-3H3. The van der Waals surface area contributed by atoms with Gasteiger partial charge in [-0.05, 0) is 51.0 Å². The number of likely N-dealkylation sites (N-methyl/N-ethyl adjacent to an activating group) is 1. The van der Waals surface area contributed by atoms with Crippen molar-refractivity contribution in [1.29, 1.82) is 0 Å². The number of carbonyl (C=O) groups excluding carboxylic acids is 1. The summed E-state index contributed by atoms with van der Waals surface area (Å²) in [7, 11) is 1.88. The van der Waals surface area contributed by atoms with Gasteiger partial charge in [0.05, 0.1) is 26.4 Å². The lowest BCUT2D eigenvalue weighted by Crippen LogP contribution is -2.17. The minimum Gasteiger partial charge on any atom is -0.462 e. The number of rotatable bonds is 11. The molecule has 0 aliphatic carbocycles. The summed E-state index contributed by atoms with van der Waals surface area (Å²) in [6.07, 6.45) is 0. The number of hydrogen-bond donors (Lipinski definition) is 2. The number of ether oxygens (including phenoxy) is 3. The molecule has 0 saturated carbocycles. The highest BCUT2D eigenvalue weighted by molar-refractivity contribution is 6.31. The van der Waals surface area contributed by atoms with Crippen molar-refractivity contribution in [3.8, 4) is 0 Å². The maximum atomic E-state index is 9.60. The first-order chi connectivity index (χ1) is 12.3. The molecule has 26 heavy (non-hydrogen) atoms. The van der Waals surface area contributed by atoms with Gasteiger partial charge in [0.2, 0.25) is 16.5 Å². The van der Waals surface area contributed by atoms with Gasteiger partial charge < -0.3 is 24.8 Å². The summed E-state index contributed by atoms with van der Waals surface area (Å²) in [4.78, 5) is 21.0. The number of anilines is 1. The van der Waals surface area contributed by atoms with Crippen molar-refractivity contribution in [2.75, 3.05) is 51.9 Å². The second kappa shape index (κ2) is 14.9. The second-order valence-electron chi connectivity index (χ2n) is 5.78. The van der Waals surface area contributed by atoms with Gasteiger partial charge in [0.15, 0.2) is 0 Å². The molecule has 0 bridgehead atoms. The lowest BCUT2D eigenvalue weighted by atomic mass is 10.2. The molecular weight excluding hydrogens is 385 g/mol. The molecular formula is C15H27Cl2N5O4. The summed E-state index contributed by atoms with van der Waals surface area (Å²) in [5, 5.41) is 6.03. The monoisotopic (exact) mass is 411 g/mol. The third kappa shape index (κ3) is 16.2. The molecule has 0 unspecified atom stereocenters. The number of hydrogen-bond acceptors (Lipinski definition) is 9. The first-order valence-corrected chi connectivity index (χ1v) is 8.76. The number of halogens is 2. The van der Waals surface area contributed by atoms with Crippen LogP contribution in [0.4, 0.5) is 5.95 Å². The van der Waals surface area contributed by atoms with Crippen LogP contribution < -0.4 is 10.6 Å². The Morgan fingerprint density at radius 2 is 1.50 bits per heavy atom. The Hall–Kier alpha value is -1.26. The van der Waals surface area contributed by atoms with E-state index in [1.165, 1.54) is 0 Å². The fourth-order valence-corrected chi connectivity index (χ4v) is 1.64. The van der Waals surface area contributed by atoms with E-state index in [4.69, 9.17) is 32.7 Å². The zero-order valence-corrected chi connectivity index (χ0v) is 17.1. The summed E-state index contributed by atoms with van der Waals surface area (Å²) in [5.41, 5.74) is -0.318. The van der Waals surface area contributed by atoms with Crippen LogP contribution in [0, 0.1) is 0 Å². The summed E-state index contributed by atoms with van der Waals surface area (Å²) < 4.78 is 15.2. The fraction of sp³-hybridized carbons (Fsp3) is 0.733. The lowest BCUT2D eigenvalue weighted by molar-refractivity contribution is -0.138. The van der Waals surface area contributed by atoms with Crippen LogP contribution in [0.25, 0.3) is 0 Å². The van der Waals surface area contributed by atoms with E-state index in [2.05, 4.69) is 30.3 Å². The lowest BCUT2D eigenvalue weighted by Gasteiger charge is -2.14.